The molecule has 0 heterocycles. The molecule has 0 rings (SSSR count). The standard InChI is InChI=1S/C12H23NO4/c1-6-8-13(9(7-2)10(14)15)11(16)17-12(3,4)5/h9H,6-8H2,1-5H3,(H,14,15)/t9-/m1/s1. The van der Waals surface area contributed by atoms with E-state index in [9.17, 15) is 9.59 Å². The highest BCUT2D eigenvalue weighted by Gasteiger charge is 2.30. The Morgan fingerprint density at radius 1 is 1.29 bits per heavy atom. The fraction of sp³-hybridized carbons (Fsp3) is 0.833. The van der Waals surface area contributed by atoms with Crippen molar-refractivity contribution in [2.24, 2.45) is 0 Å². The van der Waals surface area contributed by atoms with Crippen LogP contribution in [0.25, 0.3) is 0 Å². The number of rotatable bonds is 5. The van der Waals surface area contributed by atoms with Crippen molar-refractivity contribution in [1.29, 1.82) is 0 Å². The zero-order valence-corrected chi connectivity index (χ0v) is 11.3. The third-order valence-electron chi connectivity index (χ3n) is 2.14. The summed E-state index contributed by atoms with van der Waals surface area (Å²) in [7, 11) is 0. The molecule has 5 heteroatoms. The lowest BCUT2D eigenvalue weighted by atomic mass is 10.2. The van der Waals surface area contributed by atoms with Crippen LogP contribution in [0.15, 0.2) is 0 Å². The van der Waals surface area contributed by atoms with E-state index >= 15 is 0 Å². The van der Waals surface area contributed by atoms with E-state index in [-0.39, 0.29) is 0 Å². The quantitative estimate of drug-likeness (QED) is 0.808. The molecule has 17 heavy (non-hydrogen) atoms. The molecule has 0 spiro atoms. The fourth-order valence-electron chi connectivity index (χ4n) is 1.46. The summed E-state index contributed by atoms with van der Waals surface area (Å²) in [5.41, 5.74) is -0.611. The van der Waals surface area contributed by atoms with E-state index in [1.807, 2.05) is 6.92 Å². The third kappa shape index (κ3) is 5.56. The van der Waals surface area contributed by atoms with E-state index in [0.29, 0.717) is 19.4 Å². The minimum atomic E-state index is -0.994. The number of hydrogen-bond donors (Lipinski definition) is 1. The van der Waals surface area contributed by atoms with E-state index in [1.54, 1.807) is 27.7 Å². The Bertz CT molecular complexity index is 270. The van der Waals surface area contributed by atoms with Gasteiger partial charge in [0.25, 0.3) is 0 Å². The van der Waals surface area contributed by atoms with Crippen LogP contribution in [0.4, 0.5) is 4.79 Å². The molecule has 0 radical (unpaired) electrons. The molecular weight excluding hydrogens is 222 g/mol. The van der Waals surface area contributed by atoms with Gasteiger partial charge < -0.3 is 9.84 Å². The van der Waals surface area contributed by atoms with Gasteiger partial charge in [-0.1, -0.05) is 13.8 Å². The molecule has 100 valence electrons. The van der Waals surface area contributed by atoms with Crippen molar-refractivity contribution in [2.75, 3.05) is 6.54 Å². The summed E-state index contributed by atoms with van der Waals surface area (Å²) in [5, 5.41) is 9.07. The SMILES string of the molecule is CCCN(C(=O)OC(C)(C)C)[C@H](CC)C(=O)O. The summed E-state index contributed by atoms with van der Waals surface area (Å²) in [6, 6.07) is -0.815. The average molecular weight is 245 g/mol. The summed E-state index contributed by atoms with van der Waals surface area (Å²) in [5.74, 6) is -0.994. The van der Waals surface area contributed by atoms with Gasteiger partial charge in [0.15, 0.2) is 0 Å². The van der Waals surface area contributed by atoms with Crippen molar-refractivity contribution < 1.29 is 19.4 Å². The number of ether oxygens (including phenoxy) is 1. The minimum absolute atomic E-state index is 0.370. The lowest BCUT2D eigenvalue weighted by Crippen LogP contribution is -2.47. The summed E-state index contributed by atoms with van der Waals surface area (Å²) in [4.78, 5) is 24.2. The predicted octanol–water partition coefficient (Wildman–Crippen LogP) is 2.50. The first-order valence-electron chi connectivity index (χ1n) is 5.95. The molecule has 1 atom stereocenters. The first-order chi connectivity index (χ1) is 7.72. The second-order valence-electron chi connectivity index (χ2n) is 4.94. The highest BCUT2D eigenvalue weighted by atomic mass is 16.6. The fourth-order valence-corrected chi connectivity index (χ4v) is 1.46. The number of carboxylic acid groups (broad SMARTS) is 1. The van der Waals surface area contributed by atoms with Gasteiger partial charge in [-0.3, -0.25) is 4.90 Å². The van der Waals surface area contributed by atoms with Crippen LogP contribution in [-0.4, -0.2) is 40.3 Å². The van der Waals surface area contributed by atoms with Crippen LogP contribution in [0.1, 0.15) is 47.5 Å². The van der Waals surface area contributed by atoms with Crippen LogP contribution in [0.2, 0.25) is 0 Å². The minimum Gasteiger partial charge on any atom is -0.480 e. The molecule has 0 bridgehead atoms. The van der Waals surface area contributed by atoms with E-state index in [0.717, 1.165) is 0 Å². The maximum Gasteiger partial charge on any atom is 0.411 e. The number of carbonyl (C=O) groups excluding carboxylic acids is 1. The predicted molar refractivity (Wildman–Crippen MR) is 64.9 cm³/mol. The van der Waals surface area contributed by atoms with Gasteiger partial charge in [0.2, 0.25) is 0 Å². The highest BCUT2D eigenvalue weighted by Crippen LogP contribution is 2.14. The van der Waals surface area contributed by atoms with Crippen molar-refractivity contribution in [2.45, 2.75) is 59.1 Å². The Kier molecular flexibility index (Phi) is 5.99. The van der Waals surface area contributed by atoms with Crippen molar-refractivity contribution in [3.63, 3.8) is 0 Å². The van der Waals surface area contributed by atoms with Gasteiger partial charge >= 0.3 is 12.1 Å². The second-order valence-corrected chi connectivity index (χ2v) is 4.94. The molecule has 0 saturated carbocycles. The lowest BCUT2D eigenvalue weighted by molar-refractivity contribution is -0.143. The zero-order valence-electron chi connectivity index (χ0n) is 11.3. The van der Waals surface area contributed by atoms with E-state index in [4.69, 9.17) is 9.84 Å². The molecule has 0 fully saturated rings. The van der Waals surface area contributed by atoms with Gasteiger partial charge in [-0.25, -0.2) is 9.59 Å². The molecule has 0 unspecified atom stereocenters. The normalized spacial score (nSPS) is 13.0. The van der Waals surface area contributed by atoms with Gasteiger partial charge in [-0.05, 0) is 33.6 Å². The van der Waals surface area contributed by atoms with E-state index in [1.165, 1.54) is 4.90 Å². The molecule has 0 aliphatic rings. The van der Waals surface area contributed by atoms with Crippen LogP contribution in [0.5, 0.6) is 0 Å². The Hall–Kier alpha value is -1.26. The van der Waals surface area contributed by atoms with Gasteiger partial charge in [0.05, 0.1) is 0 Å². The van der Waals surface area contributed by atoms with E-state index < -0.39 is 23.7 Å². The summed E-state index contributed by atoms with van der Waals surface area (Å²) < 4.78 is 5.21. The van der Waals surface area contributed by atoms with Gasteiger partial charge in [0, 0.05) is 6.54 Å². The molecule has 0 aromatic carbocycles. The molecule has 0 saturated heterocycles. The summed E-state index contributed by atoms with van der Waals surface area (Å²) in [6.45, 7) is 9.31. The Morgan fingerprint density at radius 2 is 1.82 bits per heavy atom. The first kappa shape index (κ1) is 15.7. The van der Waals surface area contributed by atoms with Crippen LogP contribution in [0, 0.1) is 0 Å². The Labute approximate surface area is 103 Å². The molecule has 5 nitrogen and oxygen atoms in total. The van der Waals surface area contributed by atoms with E-state index in [2.05, 4.69) is 0 Å². The molecule has 0 aliphatic carbocycles. The maximum atomic E-state index is 11.9. The number of carbonyl (C=O) groups is 2. The maximum absolute atomic E-state index is 11.9. The van der Waals surface area contributed by atoms with Crippen LogP contribution in [-0.2, 0) is 9.53 Å². The Balaban J connectivity index is 4.82. The first-order valence-corrected chi connectivity index (χ1v) is 5.95. The van der Waals surface area contributed by atoms with Crippen LogP contribution < -0.4 is 0 Å². The van der Waals surface area contributed by atoms with Gasteiger partial charge in [-0.15, -0.1) is 0 Å². The van der Waals surface area contributed by atoms with Gasteiger partial charge in [-0.2, -0.15) is 0 Å². The van der Waals surface area contributed by atoms with Gasteiger partial charge in [0.1, 0.15) is 11.6 Å². The Morgan fingerprint density at radius 3 is 2.12 bits per heavy atom. The smallest absolute Gasteiger partial charge is 0.411 e. The van der Waals surface area contributed by atoms with Crippen molar-refractivity contribution in [3.8, 4) is 0 Å². The average Bonchev–Trinajstić information content (AvgIpc) is 2.14. The monoisotopic (exact) mass is 245 g/mol. The summed E-state index contributed by atoms with van der Waals surface area (Å²) in [6.07, 6.45) is 0.506. The topological polar surface area (TPSA) is 66.8 Å². The molecule has 1 amide bonds. The number of aliphatic carboxylic acids is 1. The molecule has 0 aliphatic heterocycles. The molecule has 1 N–H and O–H groups in total. The van der Waals surface area contributed by atoms with Crippen molar-refractivity contribution in [3.05, 3.63) is 0 Å². The number of amides is 1. The highest BCUT2D eigenvalue weighted by molar-refractivity contribution is 5.80. The number of nitrogens with zero attached hydrogens (tertiary/aromatic N) is 1. The number of hydrogen-bond acceptors (Lipinski definition) is 3. The lowest BCUT2D eigenvalue weighted by Gasteiger charge is -2.30. The molecule has 0 aromatic heterocycles. The third-order valence-corrected chi connectivity index (χ3v) is 2.14. The number of carboxylic acids is 1. The molecule has 0 aromatic rings. The largest absolute Gasteiger partial charge is 0.480 e. The van der Waals surface area contributed by atoms with Crippen molar-refractivity contribution >= 4 is 12.1 Å². The molecular formula is C12H23NO4. The van der Waals surface area contributed by atoms with Crippen LogP contribution >= 0.6 is 0 Å². The van der Waals surface area contributed by atoms with Crippen LogP contribution in [0.3, 0.4) is 0 Å². The van der Waals surface area contributed by atoms with Crippen molar-refractivity contribution in [1.82, 2.24) is 4.90 Å². The zero-order chi connectivity index (χ0) is 13.6. The second kappa shape index (κ2) is 6.47. The summed E-state index contributed by atoms with van der Waals surface area (Å²) >= 11 is 0.